The molecule has 59 heavy (non-hydrogen) atoms. The number of anilines is 3. The first-order valence-corrected chi connectivity index (χ1v) is 20.9. The lowest BCUT2D eigenvalue weighted by molar-refractivity contribution is 0.670. The molecular formula is C56H35NOS. The molecule has 0 aliphatic carbocycles. The van der Waals surface area contributed by atoms with Crippen LogP contribution in [0.4, 0.5) is 17.1 Å². The van der Waals surface area contributed by atoms with Gasteiger partial charge in [-0.2, -0.15) is 0 Å². The van der Waals surface area contributed by atoms with Gasteiger partial charge in [-0.15, -0.1) is 11.3 Å². The van der Waals surface area contributed by atoms with E-state index in [2.05, 4.69) is 211 Å². The van der Waals surface area contributed by atoms with Crippen molar-refractivity contribution in [2.24, 2.45) is 0 Å². The maximum Gasteiger partial charge on any atom is 0.143 e. The van der Waals surface area contributed by atoms with Crippen LogP contribution in [0.3, 0.4) is 0 Å². The molecule has 0 unspecified atom stereocenters. The molecule has 12 aromatic rings. The van der Waals surface area contributed by atoms with E-state index in [4.69, 9.17) is 4.42 Å². The molecule has 0 saturated heterocycles. The van der Waals surface area contributed by atoms with E-state index in [9.17, 15) is 0 Å². The highest BCUT2D eigenvalue weighted by Crippen LogP contribution is 2.52. The molecule has 0 amide bonds. The number of fused-ring (bicyclic) bond motifs is 9. The van der Waals surface area contributed by atoms with Crippen molar-refractivity contribution in [3.05, 3.63) is 212 Å². The molecule has 276 valence electrons. The molecular weight excluding hydrogens is 735 g/mol. The lowest BCUT2D eigenvalue weighted by Crippen LogP contribution is -2.13. The Kier molecular flexibility index (Phi) is 7.75. The standard InChI is InChI=1S/C56H35NOS/c1-2-16-37(17-3-1)53-45-23-6-4-18-40(45)41-19-5-7-24-46(41)54(53)57(38-34-32-36(33-35-38)39-25-14-28-49-44-22-10-13-31-52(44)59-56(39)49)50-29-11-8-20-42(50)47-26-15-27-48-43-21-9-12-30-51(43)58-55(47)48/h1-35H. The zero-order valence-electron chi connectivity index (χ0n) is 32.0. The smallest absolute Gasteiger partial charge is 0.143 e. The van der Waals surface area contributed by atoms with Gasteiger partial charge in [0.05, 0.1) is 11.4 Å². The van der Waals surface area contributed by atoms with Gasteiger partial charge in [0.2, 0.25) is 0 Å². The van der Waals surface area contributed by atoms with E-state index in [0.717, 1.165) is 50.1 Å². The first-order chi connectivity index (χ1) is 29.3. The number of rotatable bonds is 6. The highest BCUT2D eigenvalue weighted by atomic mass is 32.1. The van der Waals surface area contributed by atoms with Crippen LogP contribution in [0.1, 0.15) is 0 Å². The molecule has 0 aliphatic heterocycles. The van der Waals surface area contributed by atoms with Gasteiger partial charge in [0.1, 0.15) is 11.2 Å². The molecule has 0 atom stereocenters. The number of para-hydroxylation sites is 3. The average molecular weight is 770 g/mol. The molecule has 2 nitrogen and oxygen atoms in total. The average Bonchev–Trinajstić information content (AvgIpc) is 3.89. The molecule has 0 radical (unpaired) electrons. The van der Waals surface area contributed by atoms with Gasteiger partial charge >= 0.3 is 0 Å². The Labute approximate surface area is 345 Å². The fourth-order valence-electron chi connectivity index (χ4n) is 9.26. The maximum absolute atomic E-state index is 6.71. The molecule has 10 aromatic carbocycles. The highest BCUT2D eigenvalue weighted by molar-refractivity contribution is 7.26. The minimum absolute atomic E-state index is 0.888. The van der Waals surface area contributed by atoms with E-state index < -0.39 is 0 Å². The van der Waals surface area contributed by atoms with Crippen LogP contribution in [0.2, 0.25) is 0 Å². The van der Waals surface area contributed by atoms with E-state index in [1.807, 2.05) is 17.4 Å². The van der Waals surface area contributed by atoms with Crippen LogP contribution in [-0.2, 0) is 0 Å². The number of hydrogen-bond acceptors (Lipinski definition) is 3. The van der Waals surface area contributed by atoms with Crippen LogP contribution in [0.25, 0.3) is 97.0 Å². The first kappa shape index (κ1) is 33.7. The van der Waals surface area contributed by atoms with Crippen molar-refractivity contribution >= 4 is 92.1 Å². The Bertz CT molecular complexity index is 3560. The van der Waals surface area contributed by atoms with Crippen molar-refractivity contribution in [1.29, 1.82) is 0 Å². The van der Waals surface area contributed by atoms with Crippen molar-refractivity contribution in [2.75, 3.05) is 4.90 Å². The first-order valence-electron chi connectivity index (χ1n) is 20.1. The summed E-state index contributed by atoms with van der Waals surface area (Å²) in [4.78, 5) is 2.50. The largest absolute Gasteiger partial charge is 0.455 e. The van der Waals surface area contributed by atoms with E-state index in [-0.39, 0.29) is 0 Å². The number of hydrogen-bond donors (Lipinski definition) is 0. The predicted octanol–water partition coefficient (Wildman–Crippen LogP) is 16.7. The summed E-state index contributed by atoms with van der Waals surface area (Å²) in [6.07, 6.45) is 0. The summed E-state index contributed by atoms with van der Waals surface area (Å²) in [6.45, 7) is 0. The zero-order chi connectivity index (χ0) is 38.9. The number of benzene rings is 10. The van der Waals surface area contributed by atoms with Crippen molar-refractivity contribution in [3.63, 3.8) is 0 Å². The summed E-state index contributed by atoms with van der Waals surface area (Å²) < 4.78 is 9.33. The van der Waals surface area contributed by atoms with Crippen molar-refractivity contribution in [2.45, 2.75) is 0 Å². The van der Waals surface area contributed by atoms with Crippen molar-refractivity contribution in [3.8, 4) is 33.4 Å². The lowest BCUT2D eigenvalue weighted by Gasteiger charge is -2.32. The maximum atomic E-state index is 6.71. The number of furan rings is 1. The molecule has 0 spiro atoms. The lowest BCUT2D eigenvalue weighted by atomic mass is 9.89. The van der Waals surface area contributed by atoms with E-state index in [0.29, 0.717) is 0 Å². The molecule has 0 aliphatic rings. The Morgan fingerprint density at radius 2 is 0.932 bits per heavy atom. The fraction of sp³-hybridized carbons (Fsp3) is 0. The minimum Gasteiger partial charge on any atom is -0.455 e. The summed E-state index contributed by atoms with van der Waals surface area (Å²) in [5, 5.41) is 9.69. The second kappa shape index (κ2) is 13.6. The van der Waals surface area contributed by atoms with Gasteiger partial charge in [-0.1, -0.05) is 182 Å². The SMILES string of the molecule is c1ccc(-c2c(N(c3ccc(-c4cccc5c4sc4ccccc45)cc3)c3ccccc3-c3cccc4c3oc3ccccc34)c3ccccc3c3ccccc23)cc1. The summed E-state index contributed by atoms with van der Waals surface area (Å²) in [6, 6.07) is 77.0. The third-order valence-corrected chi connectivity index (χ3v) is 13.1. The van der Waals surface area contributed by atoms with Gasteiger partial charge in [0.15, 0.2) is 0 Å². The molecule has 0 fully saturated rings. The number of nitrogens with zero attached hydrogens (tertiary/aromatic N) is 1. The Morgan fingerprint density at radius 3 is 1.75 bits per heavy atom. The second-order valence-electron chi connectivity index (χ2n) is 15.1. The summed E-state index contributed by atoms with van der Waals surface area (Å²) in [5.41, 5.74) is 12.0. The Balaban J connectivity index is 1.16. The monoisotopic (exact) mass is 769 g/mol. The van der Waals surface area contributed by atoms with E-state index in [1.165, 1.54) is 64.0 Å². The highest BCUT2D eigenvalue weighted by Gasteiger charge is 2.26. The van der Waals surface area contributed by atoms with Crippen LogP contribution >= 0.6 is 11.3 Å². The molecule has 12 rings (SSSR count). The van der Waals surface area contributed by atoms with Crippen molar-refractivity contribution in [1.82, 2.24) is 0 Å². The second-order valence-corrected chi connectivity index (χ2v) is 16.2. The van der Waals surface area contributed by atoms with Crippen LogP contribution in [0, 0.1) is 0 Å². The molecule has 0 bridgehead atoms. The molecule has 2 aromatic heterocycles. The summed E-state index contributed by atoms with van der Waals surface area (Å²) in [7, 11) is 0. The summed E-state index contributed by atoms with van der Waals surface area (Å²) >= 11 is 1.87. The fourth-order valence-corrected chi connectivity index (χ4v) is 10.5. The third kappa shape index (κ3) is 5.33. The van der Waals surface area contributed by atoms with Crippen molar-refractivity contribution < 1.29 is 4.42 Å². The Hall–Kier alpha value is -7.46. The van der Waals surface area contributed by atoms with Crippen LogP contribution in [0.5, 0.6) is 0 Å². The quantitative estimate of drug-likeness (QED) is 0.157. The van der Waals surface area contributed by atoms with E-state index >= 15 is 0 Å². The van der Waals surface area contributed by atoms with Crippen LogP contribution < -0.4 is 4.90 Å². The zero-order valence-corrected chi connectivity index (χ0v) is 32.8. The van der Waals surface area contributed by atoms with Gasteiger partial charge < -0.3 is 9.32 Å². The van der Waals surface area contributed by atoms with Gasteiger partial charge in [-0.3, -0.25) is 0 Å². The summed E-state index contributed by atoms with van der Waals surface area (Å²) in [5.74, 6) is 0. The Morgan fingerprint density at radius 1 is 0.356 bits per heavy atom. The molecule has 2 heterocycles. The van der Waals surface area contributed by atoms with E-state index in [1.54, 1.807) is 0 Å². The number of thiophene rings is 1. The van der Waals surface area contributed by atoms with Gasteiger partial charge in [-0.05, 0) is 63.2 Å². The van der Waals surface area contributed by atoms with Gasteiger partial charge in [0, 0.05) is 58.7 Å². The third-order valence-electron chi connectivity index (χ3n) is 11.9. The normalized spacial score (nSPS) is 11.7. The molecule has 3 heteroatoms. The molecule has 0 N–H and O–H groups in total. The predicted molar refractivity (Wildman–Crippen MR) is 253 cm³/mol. The minimum atomic E-state index is 0.888. The van der Waals surface area contributed by atoms with Crippen LogP contribution in [-0.4, -0.2) is 0 Å². The van der Waals surface area contributed by atoms with Gasteiger partial charge in [-0.25, -0.2) is 0 Å². The molecule has 0 saturated carbocycles. The van der Waals surface area contributed by atoms with Crippen LogP contribution in [0.15, 0.2) is 217 Å². The topological polar surface area (TPSA) is 16.4 Å². The van der Waals surface area contributed by atoms with Gasteiger partial charge in [0.25, 0.3) is 0 Å².